The Labute approximate surface area is 224 Å². The molecule has 1 atom stereocenters. The normalized spacial score (nSPS) is 20.9. The predicted molar refractivity (Wildman–Crippen MR) is 147 cm³/mol. The van der Waals surface area contributed by atoms with Gasteiger partial charge in [-0.2, -0.15) is 0 Å². The Balaban J connectivity index is 1.33. The first-order valence-corrected chi connectivity index (χ1v) is 13.4. The maximum absolute atomic E-state index is 13.1. The Morgan fingerprint density at radius 1 is 0.921 bits per heavy atom. The van der Waals surface area contributed by atoms with Gasteiger partial charge < -0.3 is 4.74 Å². The Bertz CT molecular complexity index is 1170. The third-order valence-electron chi connectivity index (χ3n) is 7.66. The number of urea groups is 1. The Hall–Kier alpha value is -3.40. The molecule has 2 aromatic rings. The smallest absolute Gasteiger partial charge is 0.333 e. The molecule has 2 fully saturated rings. The highest BCUT2D eigenvalue weighted by Crippen LogP contribution is 2.29. The molecular formula is C29H37N6O3+. The van der Waals surface area contributed by atoms with Gasteiger partial charge in [0.1, 0.15) is 13.1 Å². The summed E-state index contributed by atoms with van der Waals surface area (Å²) in [6, 6.07) is 20.6. The Kier molecular flexibility index (Phi) is 7.97. The van der Waals surface area contributed by atoms with E-state index >= 15 is 0 Å². The van der Waals surface area contributed by atoms with Crippen molar-refractivity contribution in [3.05, 3.63) is 71.8 Å². The lowest BCUT2D eigenvalue weighted by atomic mass is 9.96. The summed E-state index contributed by atoms with van der Waals surface area (Å²) in [4.78, 5) is 38.1. The second kappa shape index (κ2) is 11.6. The van der Waals surface area contributed by atoms with E-state index in [0.717, 1.165) is 32.0 Å². The van der Waals surface area contributed by atoms with Gasteiger partial charge >= 0.3 is 11.9 Å². The van der Waals surface area contributed by atoms with E-state index in [-0.39, 0.29) is 18.0 Å². The third kappa shape index (κ3) is 5.14. The van der Waals surface area contributed by atoms with Crippen molar-refractivity contribution in [2.24, 2.45) is 4.99 Å². The fourth-order valence-electron chi connectivity index (χ4n) is 5.60. The summed E-state index contributed by atoms with van der Waals surface area (Å²) in [5.74, 6) is 1.09. The van der Waals surface area contributed by atoms with Crippen LogP contribution in [0.1, 0.15) is 24.1 Å². The van der Waals surface area contributed by atoms with E-state index in [2.05, 4.69) is 70.5 Å². The summed E-state index contributed by atoms with van der Waals surface area (Å²) in [5.41, 5.74) is 2.59. The molecule has 0 aromatic heterocycles. The minimum Gasteiger partial charge on any atom is -0.378 e. The van der Waals surface area contributed by atoms with Crippen LogP contribution in [0, 0.1) is 0 Å². The second-order valence-corrected chi connectivity index (χ2v) is 9.95. The lowest BCUT2D eigenvalue weighted by Crippen LogP contribution is -2.61. The maximum atomic E-state index is 13.1. The summed E-state index contributed by atoms with van der Waals surface area (Å²) in [6.07, 6.45) is 0. The number of nitrogens with zero attached hydrogens (tertiary/aromatic N) is 6. The van der Waals surface area contributed by atoms with Crippen LogP contribution in [0.2, 0.25) is 0 Å². The average Bonchev–Trinajstić information content (AvgIpc) is 3.31. The number of likely N-dealkylation sites (N-methyl/N-ethyl adjacent to an activating group) is 2. The van der Waals surface area contributed by atoms with Gasteiger partial charge in [-0.1, -0.05) is 60.7 Å². The van der Waals surface area contributed by atoms with Gasteiger partial charge in [-0.25, -0.2) is 9.37 Å². The standard InChI is InChI=1S/C29H37N6O3/c1-4-38-20-19-35-24(30-27-26(35)28(36)32(3)29(37)31(27)2)21-33-15-17-34(18-16-33)25(22-11-7-5-8-12-22)23-13-9-6-10-14-23/h5-14,25-26H,4,15-21H2,1-3H3/q+1. The minimum atomic E-state index is -0.583. The summed E-state index contributed by atoms with van der Waals surface area (Å²) >= 11 is 0. The molecule has 2 aromatic carbocycles. The molecule has 38 heavy (non-hydrogen) atoms. The quantitative estimate of drug-likeness (QED) is 0.377. The molecule has 1 unspecified atom stereocenters. The van der Waals surface area contributed by atoms with Crippen molar-refractivity contribution in [1.82, 2.24) is 19.6 Å². The number of carbonyl (C=O) groups is 2. The van der Waals surface area contributed by atoms with Gasteiger partial charge in [0.05, 0.1) is 12.6 Å². The van der Waals surface area contributed by atoms with Gasteiger partial charge in [0, 0.05) is 46.9 Å². The average molecular weight is 518 g/mol. The lowest BCUT2D eigenvalue weighted by Gasteiger charge is -2.39. The van der Waals surface area contributed by atoms with Gasteiger partial charge in [0.25, 0.3) is 17.8 Å². The zero-order valence-corrected chi connectivity index (χ0v) is 22.5. The summed E-state index contributed by atoms with van der Waals surface area (Å²) in [6.45, 7) is 7.85. The van der Waals surface area contributed by atoms with Gasteiger partial charge in [0.2, 0.25) is 0 Å². The van der Waals surface area contributed by atoms with Crippen molar-refractivity contribution in [2.75, 3.05) is 66.6 Å². The molecule has 0 N–H and O–H groups in total. The molecule has 0 saturated carbocycles. The first kappa shape index (κ1) is 26.2. The Morgan fingerprint density at radius 2 is 1.53 bits per heavy atom. The molecule has 3 heterocycles. The predicted octanol–water partition coefficient (Wildman–Crippen LogP) is 2.15. The van der Waals surface area contributed by atoms with Crippen LogP contribution in [-0.4, -0.2) is 120 Å². The van der Waals surface area contributed by atoms with Crippen LogP contribution < -0.4 is 0 Å². The van der Waals surface area contributed by atoms with E-state index < -0.39 is 6.04 Å². The number of hydrogen-bond acceptors (Lipinski definition) is 6. The highest BCUT2D eigenvalue weighted by atomic mass is 16.5. The third-order valence-corrected chi connectivity index (χ3v) is 7.66. The number of piperazine rings is 1. The number of carbonyl (C=O) groups excluding carboxylic acids is 2. The van der Waals surface area contributed by atoms with E-state index in [9.17, 15) is 9.59 Å². The fraction of sp³-hybridized carbons (Fsp3) is 0.448. The minimum absolute atomic E-state index is 0.206. The molecular weight excluding hydrogens is 480 g/mol. The van der Waals surface area contributed by atoms with E-state index in [1.807, 2.05) is 11.5 Å². The molecule has 9 heteroatoms. The largest absolute Gasteiger partial charge is 0.378 e. The van der Waals surface area contributed by atoms with Gasteiger partial charge in [-0.05, 0) is 23.0 Å². The zero-order chi connectivity index (χ0) is 26.6. The van der Waals surface area contributed by atoms with Gasteiger partial charge in [0.15, 0.2) is 0 Å². The molecule has 2 saturated heterocycles. The molecule has 3 aliphatic rings. The molecule has 9 nitrogen and oxygen atoms in total. The number of imide groups is 1. The molecule has 0 aliphatic carbocycles. The summed E-state index contributed by atoms with van der Waals surface area (Å²) in [5, 5.41) is 0. The van der Waals surface area contributed by atoms with Crippen LogP contribution >= 0.6 is 0 Å². The van der Waals surface area contributed by atoms with Gasteiger partial charge in [-0.15, -0.1) is 0 Å². The van der Waals surface area contributed by atoms with E-state index in [1.165, 1.54) is 28.0 Å². The van der Waals surface area contributed by atoms with Crippen molar-refractivity contribution in [2.45, 2.75) is 19.0 Å². The van der Waals surface area contributed by atoms with Crippen LogP contribution in [0.5, 0.6) is 0 Å². The van der Waals surface area contributed by atoms with Crippen molar-refractivity contribution < 1.29 is 18.9 Å². The fourth-order valence-corrected chi connectivity index (χ4v) is 5.60. The van der Waals surface area contributed by atoms with E-state index in [4.69, 9.17) is 9.73 Å². The highest BCUT2D eigenvalue weighted by Gasteiger charge is 2.53. The van der Waals surface area contributed by atoms with Crippen molar-refractivity contribution in [3.8, 4) is 0 Å². The number of amidine groups is 2. The van der Waals surface area contributed by atoms with Crippen molar-refractivity contribution in [1.29, 1.82) is 0 Å². The first-order valence-electron chi connectivity index (χ1n) is 13.4. The van der Waals surface area contributed by atoms with E-state index in [1.54, 1.807) is 7.05 Å². The number of rotatable bonds is 9. The van der Waals surface area contributed by atoms with Crippen molar-refractivity contribution in [3.63, 3.8) is 0 Å². The number of fused-ring (bicyclic) bond motifs is 1. The van der Waals surface area contributed by atoms with Crippen molar-refractivity contribution >= 4 is 23.6 Å². The molecule has 0 radical (unpaired) electrons. The maximum Gasteiger partial charge on any atom is 0.333 e. The summed E-state index contributed by atoms with van der Waals surface area (Å²) < 4.78 is 7.64. The number of hydrogen-bond donors (Lipinski definition) is 0. The second-order valence-electron chi connectivity index (χ2n) is 9.95. The molecule has 3 aliphatic heterocycles. The number of aliphatic imine (C=N–C) groups is 1. The number of benzene rings is 2. The monoisotopic (exact) mass is 517 g/mol. The number of amides is 3. The molecule has 0 spiro atoms. The van der Waals surface area contributed by atoms with E-state index in [0.29, 0.717) is 32.1 Å². The van der Waals surface area contributed by atoms with Gasteiger partial charge in [-0.3, -0.25) is 24.4 Å². The molecule has 3 amide bonds. The van der Waals surface area contributed by atoms with Crippen LogP contribution in [0.15, 0.2) is 65.7 Å². The molecule has 5 rings (SSSR count). The first-order chi connectivity index (χ1) is 18.5. The van der Waals surface area contributed by atoms with Crippen LogP contribution in [0.3, 0.4) is 0 Å². The lowest BCUT2D eigenvalue weighted by molar-refractivity contribution is -0.539. The topological polar surface area (TPSA) is 71.7 Å². The molecule has 0 bridgehead atoms. The number of ether oxygens (including phenoxy) is 1. The highest BCUT2D eigenvalue weighted by molar-refractivity contribution is 6.23. The summed E-state index contributed by atoms with van der Waals surface area (Å²) in [7, 11) is 3.22. The van der Waals surface area contributed by atoms with Crippen LogP contribution in [-0.2, 0) is 9.53 Å². The SMILES string of the molecule is CCOCC[N+]1=C(CN2CCN(C(c3ccccc3)c3ccccc3)CC2)N=C2C1C(=O)N(C)C(=O)N2C. The Morgan fingerprint density at radius 3 is 2.11 bits per heavy atom. The molecule has 200 valence electrons. The zero-order valence-electron chi connectivity index (χ0n) is 22.5. The van der Waals surface area contributed by atoms with Crippen LogP contribution in [0.25, 0.3) is 0 Å². The van der Waals surface area contributed by atoms with Crippen LogP contribution in [0.4, 0.5) is 4.79 Å².